The number of amides is 1. The maximum atomic E-state index is 12.3. The molecule has 2 N–H and O–H groups in total. The minimum Gasteiger partial charge on any atom is -0.384 e. The predicted molar refractivity (Wildman–Crippen MR) is 66.6 cm³/mol. The van der Waals surface area contributed by atoms with E-state index in [0.29, 0.717) is 17.6 Å². The molecule has 2 rings (SSSR count). The van der Waals surface area contributed by atoms with Crippen molar-refractivity contribution < 1.29 is 4.79 Å². The molecular weight excluding hydrogens is 216 g/mol. The molecule has 94 valence electrons. The number of likely N-dealkylation sites (tertiary alicyclic amines) is 1. The number of nitrogen functional groups attached to an aromatic ring is 1. The number of piperidine rings is 1. The normalized spacial score (nSPS) is 20.6. The number of anilines is 1. The fourth-order valence-corrected chi connectivity index (χ4v) is 2.43. The van der Waals surface area contributed by atoms with Crippen molar-refractivity contribution in [3.63, 3.8) is 0 Å². The highest BCUT2D eigenvalue weighted by Gasteiger charge is 2.27. The molecule has 0 saturated carbocycles. The molecule has 1 amide bonds. The third kappa shape index (κ3) is 2.28. The van der Waals surface area contributed by atoms with Crippen molar-refractivity contribution in [1.82, 2.24) is 14.7 Å². The van der Waals surface area contributed by atoms with Crippen LogP contribution >= 0.6 is 0 Å². The van der Waals surface area contributed by atoms with Gasteiger partial charge in [0.2, 0.25) is 0 Å². The van der Waals surface area contributed by atoms with Gasteiger partial charge in [-0.3, -0.25) is 9.48 Å². The third-order valence-electron chi connectivity index (χ3n) is 3.49. The monoisotopic (exact) mass is 236 g/mol. The van der Waals surface area contributed by atoms with Crippen LogP contribution in [0.25, 0.3) is 0 Å². The number of carbonyl (C=O) groups excluding carboxylic acids is 1. The molecule has 1 aromatic heterocycles. The van der Waals surface area contributed by atoms with Crippen LogP contribution in [0, 0.1) is 0 Å². The zero-order valence-corrected chi connectivity index (χ0v) is 10.5. The van der Waals surface area contributed by atoms with Gasteiger partial charge in [0.05, 0.1) is 0 Å². The molecule has 0 aliphatic carbocycles. The summed E-state index contributed by atoms with van der Waals surface area (Å²) in [4.78, 5) is 14.3. The van der Waals surface area contributed by atoms with Gasteiger partial charge in [0.15, 0.2) is 5.69 Å². The van der Waals surface area contributed by atoms with Crippen molar-refractivity contribution in [2.45, 2.75) is 38.6 Å². The number of aromatic nitrogens is 2. The number of nitrogens with two attached hydrogens (primary N) is 1. The van der Waals surface area contributed by atoms with Crippen molar-refractivity contribution in [3.8, 4) is 0 Å². The van der Waals surface area contributed by atoms with E-state index in [4.69, 9.17) is 5.73 Å². The van der Waals surface area contributed by atoms with E-state index in [1.54, 1.807) is 13.1 Å². The van der Waals surface area contributed by atoms with Crippen LogP contribution in [0.2, 0.25) is 0 Å². The van der Waals surface area contributed by atoms with E-state index in [-0.39, 0.29) is 5.91 Å². The van der Waals surface area contributed by atoms with E-state index < -0.39 is 0 Å². The Morgan fingerprint density at radius 1 is 1.59 bits per heavy atom. The van der Waals surface area contributed by atoms with Crippen LogP contribution < -0.4 is 5.73 Å². The minimum absolute atomic E-state index is 0.0175. The van der Waals surface area contributed by atoms with Crippen LogP contribution in [0.3, 0.4) is 0 Å². The number of aryl methyl sites for hydroxylation is 1. The Bertz CT molecular complexity index is 393. The van der Waals surface area contributed by atoms with E-state index in [2.05, 4.69) is 12.0 Å². The van der Waals surface area contributed by atoms with E-state index in [0.717, 1.165) is 25.8 Å². The first-order valence-electron chi connectivity index (χ1n) is 6.24. The van der Waals surface area contributed by atoms with Crippen molar-refractivity contribution in [1.29, 1.82) is 0 Å². The van der Waals surface area contributed by atoms with Gasteiger partial charge in [0, 0.05) is 25.7 Å². The fourth-order valence-electron chi connectivity index (χ4n) is 2.43. The Labute approximate surface area is 102 Å². The van der Waals surface area contributed by atoms with E-state index in [1.807, 2.05) is 4.90 Å². The summed E-state index contributed by atoms with van der Waals surface area (Å²) in [6.45, 7) is 2.97. The number of hydrogen-bond donors (Lipinski definition) is 1. The van der Waals surface area contributed by atoms with Gasteiger partial charge in [-0.15, -0.1) is 0 Å². The Morgan fingerprint density at radius 2 is 2.35 bits per heavy atom. The molecule has 2 heterocycles. The molecule has 0 aromatic carbocycles. The molecule has 1 atom stereocenters. The summed E-state index contributed by atoms with van der Waals surface area (Å²) in [5.74, 6) is 0.544. The lowest BCUT2D eigenvalue weighted by Crippen LogP contribution is -2.43. The highest BCUT2D eigenvalue weighted by Crippen LogP contribution is 2.21. The topological polar surface area (TPSA) is 64.2 Å². The van der Waals surface area contributed by atoms with Crippen molar-refractivity contribution >= 4 is 11.7 Å². The Kier molecular flexibility index (Phi) is 3.36. The largest absolute Gasteiger partial charge is 0.384 e. The lowest BCUT2D eigenvalue weighted by molar-refractivity contribution is 0.0601. The molecule has 0 unspecified atom stereocenters. The van der Waals surface area contributed by atoms with Crippen LogP contribution in [0.5, 0.6) is 0 Å². The maximum absolute atomic E-state index is 12.3. The van der Waals surface area contributed by atoms with Crippen LogP contribution in [0.4, 0.5) is 5.82 Å². The maximum Gasteiger partial charge on any atom is 0.274 e. The molecule has 1 saturated heterocycles. The van der Waals surface area contributed by atoms with Crippen LogP contribution in [0.15, 0.2) is 6.07 Å². The summed E-state index contributed by atoms with van der Waals surface area (Å²) in [6, 6.07) is 2.02. The first-order chi connectivity index (χ1) is 8.13. The van der Waals surface area contributed by atoms with E-state index >= 15 is 0 Å². The zero-order chi connectivity index (χ0) is 12.4. The highest BCUT2D eigenvalue weighted by molar-refractivity contribution is 5.93. The van der Waals surface area contributed by atoms with Crippen LogP contribution in [0.1, 0.15) is 43.1 Å². The smallest absolute Gasteiger partial charge is 0.274 e. The lowest BCUT2D eigenvalue weighted by Gasteiger charge is -2.34. The second-order valence-electron chi connectivity index (χ2n) is 4.63. The summed E-state index contributed by atoms with van der Waals surface area (Å²) in [7, 11) is 1.75. The first-order valence-corrected chi connectivity index (χ1v) is 6.24. The van der Waals surface area contributed by atoms with Crippen LogP contribution in [-0.2, 0) is 7.05 Å². The SMILES string of the molecule is CC[C@@H]1CCCCN1C(=O)c1cc(N)n(C)n1. The van der Waals surface area contributed by atoms with E-state index in [1.165, 1.54) is 11.1 Å². The molecule has 5 nitrogen and oxygen atoms in total. The first kappa shape index (κ1) is 12.0. The number of rotatable bonds is 2. The zero-order valence-electron chi connectivity index (χ0n) is 10.5. The quantitative estimate of drug-likeness (QED) is 0.844. The summed E-state index contributed by atoms with van der Waals surface area (Å²) < 4.78 is 1.54. The second-order valence-corrected chi connectivity index (χ2v) is 4.63. The minimum atomic E-state index is 0.0175. The molecule has 1 aromatic rings. The van der Waals surface area contributed by atoms with E-state index in [9.17, 15) is 4.79 Å². The van der Waals surface area contributed by atoms with Crippen LogP contribution in [-0.4, -0.2) is 33.2 Å². The second kappa shape index (κ2) is 4.77. The standard InChI is InChI=1S/C12H20N4O/c1-3-9-6-4-5-7-16(9)12(17)10-8-11(13)15(2)14-10/h8-9H,3-7,13H2,1-2H3/t9-/m1/s1. The molecule has 0 spiro atoms. The molecule has 0 bridgehead atoms. The Morgan fingerprint density at radius 3 is 2.94 bits per heavy atom. The molecule has 1 aliphatic heterocycles. The molecule has 1 aliphatic rings. The molecule has 5 heteroatoms. The summed E-state index contributed by atoms with van der Waals surface area (Å²) in [6.07, 6.45) is 4.41. The fraction of sp³-hybridized carbons (Fsp3) is 0.667. The van der Waals surface area contributed by atoms with Gasteiger partial charge in [0.25, 0.3) is 5.91 Å². The van der Waals surface area contributed by atoms with Gasteiger partial charge in [0.1, 0.15) is 5.82 Å². The van der Waals surface area contributed by atoms with Gasteiger partial charge in [-0.1, -0.05) is 6.92 Å². The summed E-state index contributed by atoms with van der Waals surface area (Å²) >= 11 is 0. The lowest BCUT2D eigenvalue weighted by atomic mass is 9.99. The van der Waals surface area contributed by atoms with Crippen molar-refractivity contribution in [2.24, 2.45) is 7.05 Å². The van der Waals surface area contributed by atoms with Crippen molar-refractivity contribution in [3.05, 3.63) is 11.8 Å². The van der Waals surface area contributed by atoms with Crippen molar-refractivity contribution in [2.75, 3.05) is 12.3 Å². The number of carbonyl (C=O) groups is 1. The van der Waals surface area contributed by atoms with Gasteiger partial charge >= 0.3 is 0 Å². The van der Waals surface area contributed by atoms with Gasteiger partial charge in [-0.2, -0.15) is 5.10 Å². The number of hydrogen-bond acceptors (Lipinski definition) is 3. The van der Waals surface area contributed by atoms with Gasteiger partial charge in [-0.05, 0) is 25.7 Å². The number of nitrogens with zero attached hydrogens (tertiary/aromatic N) is 3. The predicted octanol–water partition coefficient (Wildman–Crippen LogP) is 1.41. The Hall–Kier alpha value is -1.52. The average molecular weight is 236 g/mol. The average Bonchev–Trinajstić information content (AvgIpc) is 2.68. The highest BCUT2D eigenvalue weighted by atomic mass is 16.2. The Balaban J connectivity index is 2.18. The molecular formula is C12H20N4O. The van der Waals surface area contributed by atoms with Gasteiger partial charge in [-0.25, -0.2) is 0 Å². The molecule has 0 radical (unpaired) electrons. The van der Waals surface area contributed by atoms with Gasteiger partial charge < -0.3 is 10.6 Å². The summed E-state index contributed by atoms with van der Waals surface area (Å²) in [5, 5.41) is 4.15. The summed E-state index contributed by atoms with van der Waals surface area (Å²) in [5.41, 5.74) is 6.17. The molecule has 17 heavy (non-hydrogen) atoms. The third-order valence-corrected chi connectivity index (χ3v) is 3.49. The molecule has 1 fully saturated rings.